The Morgan fingerprint density at radius 1 is 0.468 bits per heavy atom. The number of fused-ring (bicyclic) bond motifs is 4. The van der Waals surface area contributed by atoms with Gasteiger partial charge in [0.25, 0.3) is 0 Å². The van der Waals surface area contributed by atoms with Gasteiger partial charge in [0, 0.05) is 39.0 Å². The van der Waals surface area contributed by atoms with Gasteiger partial charge < -0.3 is 9.32 Å². The van der Waals surface area contributed by atoms with Crippen molar-refractivity contribution < 1.29 is 4.42 Å². The van der Waals surface area contributed by atoms with Gasteiger partial charge in [-0.25, -0.2) is 0 Å². The summed E-state index contributed by atoms with van der Waals surface area (Å²) in [5, 5.41) is 2.30. The van der Waals surface area contributed by atoms with Crippen LogP contribution < -0.4 is 4.90 Å². The lowest BCUT2D eigenvalue weighted by atomic mass is 9.90. The summed E-state index contributed by atoms with van der Waals surface area (Å²) >= 11 is 0. The van der Waals surface area contributed by atoms with Crippen molar-refractivity contribution in [3.63, 3.8) is 0 Å². The Balaban J connectivity index is 1.07. The van der Waals surface area contributed by atoms with Crippen LogP contribution in [-0.4, -0.2) is 0 Å². The fourth-order valence-corrected chi connectivity index (χ4v) is 7.26. The minimum atomic E-state index is 0.921. The molecule has 2 nitrogen and oxygen atoms in total. The van der Waals surface area contributed by atoms with Crippen LogP contribution in [0, 0.1) is 0 Å². The van der Waals surface area contributed by atoms with E-state index in [1.165, 1.54) is 39.1 Å². The van der Waals surface area contributed by atoms with Gasteiger partial charge in [0.15, 0.2) is 0 Å². The van der Waals surface area contributed by atoms with Crippen LogP contribution in [0.5, 0.6) is 0 Å². The molecule has 1 heterocycles. The number of rotatable bonds is 6. The zero-order valence-corrected chi connectivity index (χ0v) is 26.1. The van der Waals surface area contributed by atoms with E-state index in [0.29, 0.717) is 0 Å². The molecule has 0 spiro atoms. The lowest BCUT2D eigenvalue weighted by Gasteiger charge is -2.28. The van der Waals surface area contributed by atoms with Gasteiger partial charge in [0.05, 0.1) is 0 Å². The number of hydrogen-bond acceptors (Lipinski definition) is 2. The predicted octanol–water partition coefficient (Wildman–Crippen LogP) is 12.2. The Labute approximate surface area is 275 Å². The number of anilines is 2. The van der Waals surface area contributed by atoms with Gasteiger partial charge in [0.2, 0.25) is 0 Å². The number of furan rings is 1. The van der Waals surface area contributed by atoms with E-state index in [-0.39, 0.29) is 0 Å². The molecular formula is C45H33NO. The SMILES string of the molecule is C1=C(c2ccccc2)CCC(c2ccc(N(C3=CCc4ccccc43)c3ccc(-c4cccc5c4oc4ccccc45)cc3)cc2)=C1. The molecule has 224 valence electrons. The van der Waals surface area contributed by atoms with Gasteiger partial charge in [-0.1, -0.05) is 133 Å². The van der Waals surface area contributed by atoms with Crippen LogP contribution in [0.3, 0.4) is 0 Å². The zero-order valence-electron chi connectivity index (χ0n) is 26.1. The molecule has 0 atom stereocenters. The van der Waals surface area contributed by atoms with Crippen LogP contribution in [0.15, 0.2) is 168 Å². The van der Waals surface area contributed by atoms with E-state index in [4.69, 9.17) is 4.42 Å². The summed E-state index contributed by atoms with van der Waals surface area (Å²) < 4.78 is 6.37. The van der Waals surface area contributed by atoms with Crippen LogP contribution in [0.1, 0.15) is 35.1 Å². The third kappa shape index (κ3) is 4.90. The molecule has 2 heteroatoms. The average Bonchev–Trinajstić information content (AvgIpc) is 3.75. The van der Waals surface area contributed by atoms with Crippen LogP contribution in [0.4, 0.5) is 11.4 Å². The Kier molecular flexibility index (Phi) is 6.71. The Bertz CT molecular complexity index is 2350. The fourth-order valence-electron chi connectivity index (χ4n) is 7.26. The molecule has 0 bridgehead atoms. The monoisotopic (exact) mass is 603 g/mol. The topological polar surface area (TPSA) is 16.4 Å². The number of para-hydroxylation sites is 2. The lowest BCUT2D eigenvalue weighted by molar-refractivity contribution is 0.670. The third-order valence-corrected chi connectivity index (χ3v) is 9.68. The van der Waals surface area contributed by atoms with Crippen LogP contribution in [0.2, 0.25) is 0 Å². The maximum absolute atomic E-state index is 6.37. The van der Waals surface area contributed by atoms with Crippen LogP contribution >= 0.6 is 0 Å². The number of nitrogens with zero attached hydrogens (tertiary/aromatic N) is 1. The van der Waals surface area contributed by atoms with E-state index >= 15 is 0 Å². The summed E-state index contributed by atoms with van der Waals surface area (Å²) in [6.07, 6.45) is 10.00. The molecule has 6 aromatic carbocycles. The van der Waals surface area contributed by atoms with Crippen molar-refractivity contribution in [2.24, 2.45) is 0 Å². The molecule has 0 saturated heterocycles. The second kappa shape index (κ2) is 11.5. The fraction of sp³-hybridized carbons (Fsp3) is 0.0667. The molecule has 0 amide bonds. The third-order valence-electron chi connectivity index (χ3n) is 9.68. The largest absolute Gasteiger partial charge is 0.455 e. The van der Waals surface area contributed by atoms with E-state index in [9.17, 15) is 0 Å². The maximum atomic E-state index is 6.37. The van der Waals surface area contributed by atoms with Crippen LogP contribution in [-0.2, 0) is 6.42 Å². The van der Waals surface area contributed by atoms with E-state index in [1.54, 1.807) is 0 Å². The van der Waals surface area contributed by atoms with Gasteiger partial charge in [-0.2, -0.15) is 0 Å². The van der Waals surface area contributed by atoms with Gasteiger partial charge >= 0.3 is 0 Å². The van der Waals surface area contributed by atoms with Crippen molar-refractivity contribution in [3.05, 3.63) is 186 Å². The first-order chi connectivity index (χ1) is 23.3. The summed E-state index contributed by atoms with van der Waals surface area (Å²) in [5.41, 5.74) is 15.7. The van der Waals surface area contributed by atoms with Crippen molar-refractivity contribution in [2.45, 2.75) is 19.3 Å². The Morgan fingerprint density at radius 3 is 1.81 bits per heavy atom. The number of benzene rings is 6. The van der Waals surface area contributed by atoms with Crippen molar-refractivity contribution in [2.75, 3.05) is 4.90 Å². The van der Waals surface area contributed by atoms with Gasteiger partial charge in [-0.15, -0.1) is 0 Å². The molecule has 0 fully saturated rings. The molecule has 0 saturated carbocycles. The average molecular weight is 604 g/mol. The van der Waals surface area contributed by atoms with Crippen molar-refractivity contribution in [1.29, 1.82) is 0 Å². The highest BCUT2D eigenvalue weighted by Gasteiger charge is 2.23. The van der Waals surface area contributed by atoms with Crippen molar-refractivity contribution in [1.82, 2.24) is 0 Å². The maximum Gasteiger partial charge on any atom is 0.143 e. The van der Waals surface area contributed by atoms with Crippen molar-refractivity contribution in [3.8, 4) is 11.1 Å². The van der Waals surface area contributed by atoms with Crippen LogP contribution in [0.25, 0.3) is 49.9 Å². The molecule has 2 aliphatic carbocycles. The highest BCUT2D eigenvalue weighted by Crippen LogP contribution is 2.42. The molecule has 2 aliphatic rings. The summed E-state index contributed by atoms with van der Waals surface area (Å²) in [7, 11) is 0. The quantitative estimate of drug-likeness (QED) is 0.188. The molecular weight excluding hydrogens is 571 g/mol. The first kappa shape index (κ1) is 27.5. The van der Waals surface area contributed by atoms with E-state index in [0.717, 1.165) is 63.7 Å². The van der Waals surface area contributed by atoms with Crippen molar-refractivity contribution >= 4 is 50.2 Å². The summed E-state index contributed by atoms with van der Waals surface area (Å²) in [5.74, 6) is 0. The normalized spacial score (nSPS) is 14.1. The Morgan fingerprint density at radius 2 is 1.06 bits per heavy atom. The number of allylic oxidation sites excluding steroid dienone is 5. The minimum absolute atomic E-state index is 0.921. The summed E-state index contributed by atoms with van der Waals surface area (Å²) in [4.78, 5) is 2.41. The van der Waals surface area contributed by atoms with E-state index in [1.807, 2.05) is 12.1 Å². The van der Waals surface area contributed by atoms with Gasteiger partial charge in [-0.05, 0) is 83.0 Å². The smallest absolute Gasteiger partial charge is 0.143 e. The zero-order chi connectivity index (χ0) is 31.2. The first-order valence-electron chi connectivity index (χ1n) is 16.4. The Hall–Kier alpha value is -5.86. The first-order valence-corrected chi connectivity index (χ1v) is 16.4. The molecule has 0 aliphatic heterocycles. The van der Waals surface area contributed by atoms with E-state index < -0.39 is 0 Å². The number of hydrogen-bond donors (Lipinski definition) is 0. The molecule has 9 rings (SSSR count). The van der Waals surface area contributed by atoms with Gasteiger partial charge in [0.1, 0.15) is 11.2 Å². The predicted molar refractivity (Wildman–Crippen MR) is 197 cm³/mol. The highest BCUT2D eigenvalue weighted by molar-refractivity contribution is 6.09. The highest BCUT2D eigenvalue weighted by atomic mass is 16.3. The molecule has 0 radical (unpaired) electrons. The molecule has 0 unspecified atom stereocenters. The molecule has 7 aromatic rings. The minimum Gasteiger partial charge on any atom is -0.455 e. The molecule has 47 heavy (non-hydrogen) atoms. The molecule has 1 aromatic heterocycles. The van der Waals surface area contributed by atoms with E-state index in [2.05, 4.69) is 157 Å². The standard InChI is InChI=1S/C45H33NO/c1-2-9-31(10-3-1)32-17-19-33(20-18-32)34-21-26-37(27-22-34)46(43-30-25-35-11-4-5-12-39(35)43)38-28-23-36(24-29-38)40-14-8-15-42-41-13-6-7-16-44(41)47-45(40)42/h1-17,19,21-24,26-30H,18,20,25H2. The molecule has 0 N–H and O–H groups in total. The second-order valence-electron chi connectivity index (χ2n) is 12.4. The van der Waals surface area contributed by atoms with Gasteiger partial charge in [-0.3, -0.25) is 0 Å². The summed E-state index contributed by atoms with van der Waals surface area (Å²) in [6.45, 7) is 0. The summed E-state index contributed by atoms with van der Waals surface area (Å²) in [6, 6.07) is 52.3. The lowest BCUT2D eigenvalue weighted by Crippen LogP contribution is -2.14. The second-order valence-corrected chi connectivity index (χ2v) is 12.4.